The van der Waals surface area contributed by atoms with Gasteiger partial charge in [-0.3, -0.25) is 0 Å². The van der Waals surface area contributed by atoms with Gasteiger partial charge in [-0.25, -0.2) is 4.39 Å². The van der Waals surface area contributed by atoms with Crippen LogP contribution in [0.2, 0.25) is 0 Å². The van der Waals surface area contributed by atoms with E-state index in [2.05, 4.69) is 0 Å². The number of rotatable bonds is 3. The molecule has 0 aliphatic carbocycles. The smallest absolute Gasteiger partial charge is 0.206 e. The molecular weight excluding hydrogens is 240 g/mol. The summed E-state index contributed by atoms with van der Waals surface area (Å²) in [5.41, 5.74) is -1.05. The number of hydrogen-bond acceptors (Lipinski definition) is 1. The first-order valence-corrected chi connectivity index (χ1v) is 6.09. The van der Waals surface area contributed by atoms with Gasteiger partial charge in [0.1, 0.15) is 5.82 Å². The van der Waals surface area contributed by atoms with E-state index in [-0.39, 0.29) is 10.8 Å². The first-order chi connectivity index (χ1) is 7.41. The number of alkyl halides is 3. The molecule has 0 saturated carbocycles. The van der Waals surface area contributed by atoms with Gasteiger partial charge in [0.25, 0.3) is 0 Å². The Balaban J connectivity index is 3.23. The van der Waals surface area contributed by atoms with E-state index >= 15 is 0 Å². The van der Waals surface area contributed by atoms with Gasteiger partial charge in [-0.15, -0.1) is 0 Å². The molecule has 0 amide bonds. The van der Waals surface area contributed by atoms with Crippen LogP contribution < -0.4 is 0 Å². The van der Waals surface area contributed by atoms with Gasteiger partial charge in [0.15, 0.2) is 0 Å². The molecule has 0 nitrogen and oxygen atoms in total. The molecule has 1 unspecified atom stereocenters. The molecule has 90 valence electrons. The summed E-state index contributed by atoms with van der Waals surface area (Å²) in [6.45, 7) is 1.82. The topological polar surface area (TPSA) is 0 Å². The summed E-state index contributed by atoms with van der Waals surface area (Å²) >= 11 is 1.35. The molecular formula is C11H12F4S. The summed E-state index contributed by atoms with van der Waals surface area (Å²) in [6, 6.07) is 3.43. The SMILES string of the molecule is CCC(SC)c1cccc(C(F)(F)F)c1F. The molecule has 5 heteroatoms. The lowest BCUT2D eigenvalue weighted by molar-refractivity contribution is -0.140. The number of benzene rings is 1. The predicted molar refractivity (Wildman–Crippen MR) is 57.9 cm³/mol. The Bertz CT molecular complexity index is 355. The molecule has 0 bridgehead atoms. The lowest BCUT2D eigenvalue weighted by atomic mass is 10.0. The van der Waals surface area contributed by atoms with Crippen molar-refractivity contribution in [1.82, 2.24) is 0 Å². The maximum absolute atomic E-state index is 13.7. The molecule has 0 radical (unpaired) electrons. The highest BCUT2D eigenvalue weighted by atomic mass is 32.2. The zero-order valence-corrected chi connectivity index (χ0v) is 9.75. The van der Waals surface area contributed by atoms with E-state index in [9.17, 15) is 17.6 Å². The van der Waals surface area contributed by atoms with Crippen LogP contribution in [0, 0.1) is 5.82 Å². The van der Waals surface area contributed by atoms with Crippen molar-refractivity contribution in [1.29, 1.82) is 0 Å². The van der Waals surface area contributed by atoms with Crippen molar-refractivity contribution in [2.75, 3.05) is 6.26 Å². The van der Waals surface area contributed by atoms with Gasteiger partial charge in [-0.1, -0.05) is 19.1 Å². The summed E-state index contributed by atoms with van der Waals surface area (Å²) in [4.78, 5) is 0. The van der Waals surface area contributed by atoms with Gasteiger partial charge in [0.2, 0.25) is 0 Å². The molecule has 0 aliphatic rings. The standard InChI is InChI=1S/C11H12F4S/c1-3-9(16-2)7-5-4-6-8(10(7)12)11(13,14)15/h4-6,9H,3H2,1-2H3. The molecule has 0 N–H and O–H groups in total. The van der Waals surface area contributed by atoms with Crippen LogP contribution in [0.4, 0.5) is 17.6 Å². The molecule has 1 aromatic carbocycles. The van der Waals surface area contributed by atoms with Gasteiger partial charge in [0, 0.05) is 10.8 Å². The van der Waals surface area contributed by atoms with Crippen LogP contribution >= 0.6 is 11.8 Å². The Morgan fingerprint density at radius 2 is 1.94 bits per heavy atom. The van der Waals surface area contributed by atoms with Crippen molar-refractivity contribution in [3.05, 3.63) is 35.1 Å². The largest absolute Gasteiger partial charge is 0.419 e. The predicted octanol–water partition coefficient (Wildman–Crippen LogP) is 4.66. The summed E-state index contributed by atoms with van der Waals surface area (Å²) in [5.74, 6) is -1.14. The molecule has 0 aliphatic heterocycles. The molecule has 0 aromatic heterocycles. The highest BCUT2D eigenvalue weighted by molar-refractivity contribution is 7.98. The molecule has 16 heavy (non-hydrogen) atoms. The van der Waals surface area contributed by atoms with E-state index in [0.717, 1.165) is 6.07 Å². The van der Waals surface area contributed by atoms with E-state index in [4.69, 9.17) is 0 Å². The number of halogens is 4. The van der Waals surface area contributed by atoms with Crippen molar-refractivity contribution in [3.63, 3.8) is 0 Å². The van der Waals surface area contributed by atoms with Crippen LogP contribution in [0.25, 0.3) is 0 Å². The maximum atomic E-state index is 13.7. The van der Waals surface area contributed by atoms with Crippen molar-refractivity contribution in [2.24, 2.45) is 0 Å². The van der Waals surface area contributed by atoms with E-state index in [0.29, 0.717) is 6.42 Å². The van der Waals surface area contributed by atoms with E-state index < -0.39 is 17.6 Å². The van der Waals surface area contributed by atoms with Crippen molar-refractivity contribution < 1.29 is 17.6 Å². The highest BCUT2D eigenvalue weighted by Gasteiger charge is 2.35. The minimum Gasteiger partial charge on any atom is -0.206 e. The summed E-state index contributed by atoms with van der Waals surface area (Å²) in [7, 11) is 0. The summed E-state index contributed by atoms with van der Waals surface area (Å²) < 4.78 is 51.0. The van der Waals surface area contributed by atoms with Crippen LogP contribution in [0.15, 0.2) is 18.2 Å². The number of thioether (sulfide) groups is 1. The molecule has 1 atom stereocenters. The zero-order valence-electron chi connectivity index (χ0n) is 8.94. The van der Waals surface area contributed by atoms with Crippen molar-refractivity contribution in [3.8, 4) is 0 Å². The summed E-state index contributed by atoms with van der Waals surface area (Å²) in [6.07, 6.45) is -2.27. The Hall–Kier alpha value is -0.710. The van der Waals surface area contributed by atoms with Gasteiger partial charge in [-0.05, 0) is 18.7 Å². The Morgan fingerprint density at radius 1 is 1.31 bits per heavy atom. The highest BCUT2D eigenvalue weighted by Crippen LogP contribution is 2.37. The second-order valence-electron chi connectivity index (χ2n) is 3.34. The molecule has 0 saturated heterocycles. The van der Waals surface area contributed by atoms with E-state index in [1.54, 1.807) is 6.26 Å². The molecule has 0 heterocycles. The average Bonchev–Trinajstić information content (AvgIpc) is 2.20. The van der Waals surface area contributed by atoms with Crippen LogP contribution in [0.1, 0.15) is 29.7 Å². The first-order valence-electron chi connectivity index (χ1n) is 4.80. The van der Waals surface area contributed by atoms with Gasteiger partial charge in [0.05, 0.1) is 5.56 Å². The van der Waals surface area contributed by atoms with Crippen molar-refractivity contribution >= 4 is 11.8 Å². The van der Waals surface area contributed by atoms with Crippen molar-refractivity contribution in [2.45, 2.75) is 24.8 Å². The lowest BCUT2D eigenvalue weighted by Crippen LogP contribution is -2.10. The van der Waals surface area contributed by atoms with Crippen LogP contribution in [0.3, 0.4) is 0 Å². The Morgan fingerprint density at radius 3 is 2.38 bits per heavy atom. The minimum absolute atomic E-state index is 0.129. The van der Waals surface area contributed by atoms with Gasteiger partial charge >= 0.3 is 6.18 Å². The first kappa shape index (κ1) is 13.4. The van der Waals surface area contributed by atoms with E-state index in [1.165, 1.54) is 23.9 Å². The second-order valence-corrected chi connectivity index (χ2v) is 4.38. The average molecular weight is 252 g/mol. The molecule has 0 spiro atoms. The van der Waals surface area contributed by atoms with Crippen LogP contribution in [-0.2, 0) is 6.18 Å². The minimum atomic E-state index is -4.63. The van der Waals surface area contributed by atoms with Gasteiger partial charge < -0.3 is 0 Å². The molecule has 1 rings (SSSR count). The normalized spacial score (nSPS) is 13.9. The second kappa shape index (κ2) is 5.08. The maximum Gasteiger partial charge on any atom is 0.419 e. The third kappa shape index (κ3) is 2.70. The van der Waals surface area contributed by atoms with Gasteiger partial charge in [-0.2, -0.15) is 24.9 Å². The summed E-state index contributed by atoms with van der Waals surface area (Å²) in [5, 5.41) is -0.234. The lowest BCUT2D eigenvalue weighted by Gasteiger charge is -2.16. The quantitative estimate of drug-likeness (QED) is 0.705. The fourth-order valence-corrected chi connectivity index (χ4v) is 2.30. The van der Waals surface area contributed by atoms with Crippen LogP contribution in [-0.4, -0.2) is 6.26 Å². The molecule has 1 aromatic rings. The Labute approximate surface area is 96.0 Å². The zero-order chi connectivity index (χ0) is 12.3. The van der Waals surface area contributed by atoms with E-state index in [1.807, 2.05) is 6.92 Å². The number of hydrogen-bond donors (Lipinski definition) is 0. The van der Waals surface area contributed by atoms with Crippen LogP contribution in [0.5, 0.6) is 0 Å². The monoisotopic (exact) mass is 252 g/mol. The fourth-order valence-electron chi connectivity index (χ4n) is 1.53. The fraction of sp³-hybridized carbons (Fsp3) is 0.455. The third-order valence-corrected chi connectivity index (χ3v) is 3.49. The third-order valence-electron chi connectivity index (χ3n) is 2.34. The Kier molecular flexibility index (Phi) is 4.24. The molecule has 0 fully saturated rings.